The van der Waals surface area contributed by atoms with Gasteiger partial charge < -0.3 is 79.9 Å². The molecule has 0 aliphatic carbocycles. The fourth-order valence-corrected chi connectivity index (χ4v) is 3.93. The summed E-state index contributed by atoms with van der Waals surface area (Å²) in [6.45, 7) is -2.11. The molecule has 0 amide bonds. The van der Waals surface area contributed by atoms with Gasteiger partial charge in [-0.3, -0.25) is 0 Å². The average molecular weight is 504 g/mol. The van der Waals surface area contributed by atoms with Crippen molar-refractivity contribution in [3.8, 4) is 0 Å². The fraction of sp³-hybridized carbons (Fsp3) is 1.00. The lowest BCUT2D eigenvalue weighted by atomic mass is 9.97. The van der Waals surface area contributed by atoms with Gasteiger partial charge in [0.15, 0.2) is 18.9 Å². The Kier molecular flexibility index (Phi) is 9.54. The molecule has 16 heteroatoms. The molecule has 0 spiro atoms. The van der Waals surface area contributed by atoms with E-state index >= 15 is 0 Å². The SMILES string of the molecule is OCC1OC(OC2C(OCC3OC(O)C(O)C(O)C3O)OC(CO)C(O)C2O)C(O)C(O)C1O. The van der Waals surface area contributed by atoms with Gasteiger partial charge in [0.1, 0.15) is 73.2 Å². The van der Waals surface area contributed by atoms with Crippen LogP contribution in [0, 0.1) is 0 Å². The van der Waals surface area contributed by atoms with Crippen LogP contribution in [0.1, 0.15) is 0 Å². The first-order valence-electron chi connectivity index (χ1n) is 10.6. The van der Waals surface area contributed by atoms with Crippen LogP contribution in [-0.2, 0) is 23.7 Å². The summed E-state index contributed by atoms with van der Waals surface area (Å²) < 4.78 is 26.5. The molecule has 3 fully saturated rings. The topological polar surface area (TPSA) is 269 Å². The van der Waals surface area contributed by atoms with Crippen molar-refractivity contribution >= 4 is 0 Å². The zero-order valence-electron chi connectivity index (χ0n) is 17.7. The monoisotopic (exact) mass is 504 g/mol. The molecular weight excluding hydrogens is 472 g/mol. The lowest BCUT2D eigenvalue weighted by Crippen LogP contribution is -2.65. The van der Waals surface area contributed by atoms with Crippen molar-refractivity contribution in [2.24, 2.45) is 0 Å². The van der Waals surface area contributed by atoms with Crippen LogP contribution in [0.25, 0.3) is 0 Å². The molecule has 0 aromatic heterocycles. The minimum Gasteiger partial charge on any atom is -0.394 e. The van der Waals surface area contributed by atoms with E-state index in [9.17, 15) is 56.2 Å². The van der Waals surface area contributed by atoms with Crippen molar-refractivity contribution in [2.45, 2.75) is 92.1 Å². The molecule has 16 nitrogen and oxygen atoms in total. The molecule has 3 saturated heterocycles. The standard InChI is InChI=1S/C18H32O16/c19-1-4-7(21)11(25)14(28)17(32-4)34-15-12(26)8(22)5(2-20)33-18(15)30-3-6-9(23)10(24)13(27)16(29)31-6/h4-29H,1-3H2. The van der Waals surface area contributed by atoms with Crippen LogP contribution in [0.3, 0.4) is 0 Å². The molecule has 11 N–H and O–H groups in total. The Balaban J connectivity index is 1.74. The molecule has 0 aromatic carbocycles. The first-order chi connectivity index (χ1) is 16.0. The molecule has 3 aliphatic heterocycles. The minimum atomic E-state index is -1.85. The van der Waals surface area contributed by atoms with Gasteiger partial charge in [0.2, 0.25) is 0 Å². The maximum absolute atomic E-state index is 10.5. The van der Waals surface area contributed by atoms with E-state index in [0.29, 0.717) is 0 Å². The van der Waals surface area contributed by atoms with Crippen LogP contribution >= 0.6 is 0 Å². The van der Waals surface area contributed by atoms with E-state index < -0.39 is 112 Å². The average Bonchev–Trinajstić information content (AvgIpc) is 2.82. The number of rotatable bonds is 7. The largest absolute Gasteiger partial charge is 0.394 e. The van der Waals surface area contributed by atoms with Crippen LogP contribution in [0.5, 0.6) is 0 Å². The Labute approximate surface area is 192 Å². The second kappa shape index (κ2) is 11.6. The van der Waals surface area contributed by atoms with E-state index in [1.165, 1.54) is 0 Å². The quantitative estimate of drug-likeness (QED) is 0.154. The third-order valence-corrected chi connectivity index (χ3v) is 6.08. The first kappa shape index (κ1) is 27.9. The highest BCUT2D eigenvalue weighted by molar-refractivity contribution is 4.94. The van der Waals surface area contributed by atoms with Crippen molar-refractivity contribution in [1.82, 2.24) is 0 Å². The molecular formula is C18H32O16. The molecule has 3 heterocycles. The Morgan fingerprint density at radius 2 is 1.00 bits per heavy atom. The van der Waals surface area contributed by atoms with Crippen LogP contribution in [0.4, 0.5) is 0 Å². The lowest BCUT2D eigenvalue weighted by molar-refractivity contribution is -0.372. The van der Waals surface area contributed by atoms with E-state index in [-0.39, 0.29) is 0 Å². The van der Waals surface area contributed by atoms with Gasteiger partial charge in [0.25, 0.3) is 0 Å². The minimum absolute atomic E-state index is 0.609. The second-order valence-electron chi connectivity index (χ2n) is 8.37. The molecule has 3 aliphatic rings. The molecule has 0 radical (unpaired) electrons. The fourth-order valence-electron chi connectivity index (χ4n) is 3.93. The van der Waals surface area contributed by atoms with Crippen LogP contribution in [0.2, 0.25) is 0 Å². The number of aliphatic hydroxyl groups excluding tert-OH is 11. The highest BCUT2D eigenvalue weighted by Crippen LogP contribution is 2.30. The van der Waals surface area contributed by atoms with Gasteiger partial charge in [-0.25, -0.2) is 0 Å². The highest BCUT2D eigenvalue weighted by Gasteiger charge is 2.51. The van der Waals surface area contributed by atoms with Gasteiger partial charge in [-0.05, 0) is 0 Å². The Hall–Kier alpha value is -0.640. The van der Waals surface area contributed by atoms with Gasteiger partial charge >= 0.3 is 0 Å². The molecule has 15 unspecified atom stereocenters. The zero-order valence-corrected chi connectivity index (χ0v) is 17.7. The summed E-state index contributed by atoms with van der Waals surface area (Å²) in [7, 11) is 0. The summed E-state index contributed by atoms with van der Waals surface area (Å²) in [5.74, 6) is 0. The maximum atomic E-state index is 10.5. The zero-order chi connectivity index (χ0) is 25.3. The van der Waals surface area contributed by atoms with Crippen molar-refractivity contribution in [3.05, 3.63) is 0 Å². The van der Waals surface area contributed by atoms with Crippen LogP contribution < -0.4 is 0 Å². The van der Waals surface area contributed by atoms with E-state index in [2.05, 4.69) is 0 Å². The number of hydrogen-bond donors (Lipinski definition) is 11. The molecule has 0 bridgehead atoms. The molecule has 15 atom stereocenters. The van der Waals surface area contributed by atoms with Gasteiger partial charge in [-0.2, -0.15) is 0 Å². The maximum Gasteiger partial charge on any atom is 0.187 e. The van der Waals surface area contributed by atoms with E-state index in [1.54, 1.807) is 0 Å². The summed E-state index contributed by atoms with van der Waals surface area (Å²) in [6.07, 6.45) is -25.0. The van der Waals surface area contributed by atoms with Crippen LogP contribution in [-0.4, -0.2) is 168 Å². The second-order valence-corrected chi connectivity index (χ2v) is 8.37. The molecule has 0 aromatic rings. The van der Waals surface area contributed by atoms with E-state index in [0.717, 1.165) is 0 Å². The predicted molar refractivity (Wildman–Crippen MR) is 101 cm³/mol. The van der Waals surface area contributed by atoms with Gasteiger partial charge in [-0.15, -0.1) is 0 Å². The van der Waals surface area contributed by atoms with Crippen LogP contribution in [0.15, 0.2) is 0 Å². The van der Waals surface area contributed by atoms with Gasteiger partial charge in [0, 0.05) is 0 Å². The number of hydrogen-bond acceptors (Lipinski definition) is 16. The number of ether oxygens (including phenoxy) is 5. The summed E-state index contributed by atoms with van der Waals surface area (Å²) in [4.78, 5) is 0. The van der Waals surface area contributed by atoms with Crippen molar-refractivity contribution in [1.29, 1.82) is 0 Å². The lowest BCUT2D eigenvalue weighted by Gasteiger charge is -2.46. The van der Waals surface area contributed by atoms with E-state index in [1.807, 2.05) is 0 Å². The summed E-state index contributed by atoms with van der Waals surface area (Å²) in [6, 6.07) is 0. The Morgan fingerprint density at radius 1 is 0.500 bits per heavy atom. The van der Waals surface area contributed by atoms with E-state index in [4.69, 9.17) is 23.7 Å². The Bertz CT molecular complexity index is 639. The van der Waals surface area contributed by atoms with Crippen molar-refractivity contribution < 1.29 is 79.9 Å². The first-order valence-corrected chi connectivity index (χ1v) is 10.6. The summed E-state index contributed by atoms with van der Waals surface area (Å²) in [5.41, 5.74) is 0. The van der Waals surface area contributed by atoms with Crippen molar-refractivity contribution in [3.63, 3.8) is 0 Å². The number of aliphatic hydroxyl groups is 11. The normalized spacial score (nSPS) is 52.5. The van der Waals surface area contributed by atoms with Crippen molar-refractivity contribution in [2.75, 3.05) is 19.8 Å². The third kappa shape index (κ3) is 5.52. The summed E-state index contributed by atoms with van der Waals surface area (Å²) in [5, 5.41) is 109. The molecule has 200 valence electrons. The van der Waals surface area contributed by atoms with Gasteiger partial charge in [0.05, 0.1) is 19.8 Å². The molecule has 34 heavy (non-hydrogen) atoms. The summed E-state index contributed by atoms with van der Waals surface area (Å²) >= 11 is 0. The Morgan fingerprint density at radius 3 is 1.59 bits per heavy atom. The molecule has 3 rings (SSSR count). The highest BCUT2D eigenvalue weighted by atomic mass is 16.8. The third-order valence-electron chi connectivity index (χ3n) is 6.08. The van der Waals surface area contributed by atoms with Gasteiger partial charge in [-0.1, -0.05) is 0 Å². The predicted octanol–water partition coefficient (Wildman–Crippen LogP) is -7.57. The smallest absolute Gasteiger partial charge is 0.187 e. The molecule has 0 saturated carbocycles.